The SMILES string of the molecule is CC(C)(C)NCCN1CCOC(C2CCCN(C(C)(C)C)C2)C1. The summed E-state index contributed by atoms with van der Waals surface area (Å²) in [4.78, 5) is 5.23. The zero-order valence-corrected chi connectivity index (χ0v) is 16.3. The van der Waals surface area contributed by atoms with Crippen LogP contribution in [-0.2, 0) is 4.74 Å². The highest BCUT2D eigenvalue weighted by Crippen LogP contribution is 2.28. The summed E-state index contributed by atoms with van der Waals surface area (Å²) in [7, 11) is 0. The van der Waals surface area contributed by atoms with Crippen LogP contribution in [0.15, 0.2) is 0 Å². The number of likely N-dealkylation sites (tertiary alicyclic amines) is 1. The van der Waals surface area contributed by atoms with Gasteiger partial charge >= 0.3 is 0 Å². The van der Waals surface area contributed by atoms with E-state index in [4.69, 9.17) is 4.74 Å². The van der Waals surface area contributed by atoms with Gasteiger partial charge in [0, 0.05) is 43.8 Å². The van der Waals surface area contributed by atoms with Crippen molar-refractivity contribution in [3.05, 3.63) is 0 Å². The van der Waals surface area contributed by atoms with Crippen molar-refractivity contribution in [3.8, 4) is 0 Å². The molecule has 0 amide bonds. The normalized spacial score (nSPS) is 29.0. The fourth-order valence-corrected chi connectivity index (χ4v) is 3.73. The van der Waals surface area contributed by atoms with Crippen LogP contribution >= 0.6 is 0 Å². The Morgan fingerprint density at radius 2 is 1.78 bits per heavy atom. The minimum atomic E-state index is 0.211. The maximum absolute atomic E-state index is 6.17. The summed E-state index contributed by atoms with van der Waals surface area (Å²) in [5, 5.41) is 3.60. The van der Waals surface area contributed by atoms with Crippen molar-refractivity contribution in [1.82, 2.24) is 15.1 Å². The van der Waals surface area contributed by atoms with Crippen molar-refractivity contribution in [2.75, 3.05) is 45.9 Å². The van der Waals surface area contributed by atoms with Gasteiger partial charge in [0.2, 0.25) is 0 Å². The third-order valence-electron chi connectivity index (χ3n) is 5.19. The van der Waals surface area contributed by atoms with Crippen molar-refractivity contribution in [2.45, 2.75) is 71.6 Å². The van der Waals surface area contributed by atoms with Crippen LogP contribution in [0, 0.1) is 5.92 Å². The van der Waals surface area contributed by atoms with Crippen molar-refractivity contribution >= 4 is 0 Å². The first-order valence-corrected chi connectivity index (χ1v) is 9.49. The van der Waals surface area contributed by atoms with Crippen LogP contribution in [0.4, 0.5) is 0 Å². The highest BCUT2D eigenvalue weighted by Gasteiger charge is 2.34. The van der Waals surface area contributed by atoms with E-state index in [1.165, 1.54) is 25.9 Å². The standard InChI is InChI=1S/C19H39N3O/c1-18(2,3)20-9-11-21-12-13-23-17(15-21)16-8-7-10-22(14-16)19(4,5)6/h16-17,20H,7-15H2,1-6H3. The number of nitrogens with zero attached hydrogens (tertiary/aromatic N) is 2. The second kappa shape index (κ2) is 7.81. The van der Waals surface area contributed by atoms with E-state index < -0.39 is 0 Å². The lowest BCUT2D eigenvalue weighted by Crippen LogP contribution is -2.54. The molecule has 0 aromatic rings. The van der Waals surface area contributed by atoms with Crippen molar-refractivity contribution < 1.29 is 4.74 Å². The number of rotatable bonds is 4. The molecule has 0 spiro atoms. The molecule has 2 rings (SSSR count). The Labute approximate surface area is 143 Å². The topological polar surface area (TPSA) is 27.7 Å². The van der Waals surface area contributed by atoms with Gasteiger partial charge in [0.25, 0.3) is 0 Å². The van der Waals surface area contributed by atoms with E-state index in [9.17, 15) is 0 Å². The van der Waals surface area contributed by atoms with Crippen molar-refractivity contribution in [1.29, 1.82) is 0 Å². The van der Waals surface area contributed by atoms with Gasteiger partial charge in [-0.2, -0.15) is 0 Å². The molecular formula is C19H39N3O. The number of piperidine rings is 1. The van der Waals surface area contributed by atoms with Gasteiger partial charge < -0.3 is 10.1 Å². The lowest BCUT2D eigenvalue weighted by molar-refractivity contribution is -0.0788. The summed E-state index contributed by atoms with van der Waals surface area (Å²) in [6.07, 6.45) is 3.06. The monoisotopic (exact) mass is 325 g/mol. The van der Waals surface area contributed by atoms with Gasteiger partial charge in [0.05, 0.1) is 12.7 Å². The van der Waals surface area contributed by atoms with Gasteiger partial charge in [-0.3, -0.25) is 9.80 Å². The summed E-state index contributed by atoms with van der Waals surface area (Å²) >= 11 is 0. The molecule has 0 radical (unpaired) electrons. The molecule has 0 saturated carbocycles. The minimum Gasteiger partial charge on any atom is -0.375 e. The van der Waals surface area contributed by atoms with E-state index in [1.807, 2.05) is 0 Å². The van der Waals surface area contributed by atoms with Crippen LogP contribution in [0.5, 0.6) is 0 Å². The van der Waals surface area contributed by atoms with Crippen LogP contribution < -0.4 is 5.32 Å². The average molecular weight is 326 g/mol. The molecule has 23 heavy (non-hydrogen) atoms. The van der Waals surface area contributed by atoms with Crippen molar-refractivity contribution in [2.24, 2.45) is 5.92 Å². The Bertz CT molecular complexity index is 359. The molecule has 2 atom stereocenters. The lowest BCUT2D eigenvalue weighted by atomic mass is 9.88. The summed E-state index contributed by atoms with van der Waals surface area (Å²) in [6, 6.07) is 0. The second-order valence-electron chi connectivity index (χ2n) is 9.41. The molecule has 0 aromatic heterocycles. The molecule has 2 aliphatic heterocycles. The van der Waals surface area contributed by atoms with Gasteiger partial charge in [-0.05, 0) is 66.8 Å². The predicted octanol–water partition coefficient (Wildman–Crippen LogP) is 2.59. The Kier molecular flexibility index (Phi) is 6.51. The van der Waals surface area contributed by atoms with Crippen LogP contribution in [0.2, 0.25) is 0 Å². The maximum Gasteiger partial charge on any atom is 0.0742 e. The molecule has 2 saturated heterocycles. The first kappa shape index (κ1) is 19.2. The summed E-state index contributed by atoms with van der Waals surface area (Å²) in [6.45, 7) is 21.4. The van der Waals surface area contributed by atoms with Crippen LogP contribution in [0.1, 0.15) is 54.4 Å². The zero-order valence-electron chi connectivity index (χ0n) is 16.3. The Hall–Kier alpha value is -0.160. The van der Waals surface area contributed by atoms with E-state index in [0.29, 0.717) is 12.0 Å². The quantitative estimate of drug-likeness (QED) is 0.860. The molecule has 2 fully saturated rings. The van der Waals surface area contributed by atoms with Gasteiger partial charge in [0.1, 0.15) is 0 Å². The second-order valence-corrected chi connectivity index (χ2v) is 9.41. The van der Waals surface area contributed by atoms with Gasteiger partial charge in [-0.25, -0.2) is 0 Å². The number of hydrogen-bond acceptors (Lipinski definition) is 4. The first-order valence-electron chi connectivity index (χ1n) is 9.49. The lowest BCUT2D eigenvalue weighted by Gasteiger charge is -2.45. The first-order chi connectivity index (χ1) is 10.6. The molecule has 0 aromatic carbocycles. The van der Waals surface area contributed by atoms with Gasteiger partial charge in [0.15, 0.2) is 0 Å². The molecular weight excluding hydrogens is 286 g/mol. The third-order valence-corrected chi connectivity index (χ3v) is 5.19. The number of hydrogen-bond donors (Lipinski definition) is 1. The van der Waals surface area contributed by atoms with E-state index in [1.54, 1.807) is 0 Å². The van der Waals surface area contributed by atoms with Gasteiger partial charge in [-0.15, -0.1) is 0 Å². The number of morpholine rings is 1. The van der Waals surface area contributed by atoms with E-state index in [2.05, 4.69) is 56.7 Å². The Morgan fingerprint density at radius 1 is 1.04 bits per heavy atom. The van der Waals surface area contributed by atoms with Crippen LogP contribution in [0.25, 0.3) is 0 Å². The van der Waals surface area contributed by atoms with Crippen LogP contribution in [-0.4, -0.2) is 72.9 Å². The summed E-state index contributed by atoms with van der Waals surface area (Å²) < 4.78 is 6.17. The Balaban J connectivity index is 1.81. The highest BCUT2D eigenvalue weighted by atomic mass is 16.5. The van der Waals surface area contributed by atoms with E-state index in [0.717, 1.165) is 32.8 Å². The molecule has 1 N–H and O–H groups in total. The number of ether oxygens (including phenoxy) is 1. The molecule has 4 heteroatoms. The average Bonchev–Trinajstić information content (AvgIpc) is 2.45. The molecule has 0 aliphatic carbocycles. The van der Waals surface area contributed by atoms with Crippen LogP contribution in [0.3, 0.4) is 0 Å². The Morgan fingerprint density at radius 3 is 2.43 bits per heavy atom. The van der Waals surface area contributed by atoms with E-state index >= 15 is 0 Å². The molecule has 136 valence electrons. The third kappa shape index (κ3) is 6.33. The van der Waals surface area contributed by atoms with Crippen molar-refractivity contribution in [3.63, 3.8) is 0 Å². The maximum atomic E-state index is 6.17. The molecule has 2 aliphatic rings. The summed E-state index contributed by atoms with van der Waals surface area (Å²) in [5.41, 5.74) is 0.492. The zero-order chi connectivity index (χ0) is 17.1. The fraction of sp³-hybridized carbons (Fsp3) is 1.00. The summed E-state index contributed by atoms with van der Waals surface area (Å²) in [5.74, 6) is 0.696. The molecule has 2 heterocycles. The molecule has 0 bridgehead atoms. The van der Waals surface area contributed by atoms with Gasteiger partial charge in [-0.1, -0.05) is 0 Å². The number of nitrogens with one attached hydrogen (secondary N) is 1. The predicted molar refractivity (Wildman–Crippen MR) is 98.0 cm³/mol. The molecule has 4 nitrogen and oxygen atoms in total. The largest absolute Gasteiger partial charge is 0.375 e. The van der Waals surface area contributed by atoms with E-state index in [-0.39, 0.29) is 11.1 Å². The minimum absolute atomic E-state index is 0.211. The fourth-order valence-electron chi connectivity index (χ4n) is 3.73. The smallest absolute Gasteiger partial charge is 0.0742 e. The highest BCUT2D eigenvalue weighted by molar-refractivity contribution is 4.88. The molecule has 2 unspecified atom stereocenters.